The number of carbonyl (C=O) groups excluding carboxylic acids is 3. The maximum absolute atomic E-state index is 14.0. The summed E-state index contributed by atoms with van der Waals surface area (Å²) in [5.41, 5.74) is 10.0. The maximum Gasteiger partial charge on any atom is 0.287 e. The Bertz CT molecular complexity index is 1710. The largest absolute Gasteiger partial charge is 0.492 e. The van der Waals surface area contributed by atoms with Gasteiger partial charge in [0.25, 0.3) is 5.91 Å². The highest BCUT2D eigenvalue weighted by atomic mass is 32.1. The lowest BCUT2D eigenvalue weighted by atomic mass is 9.85. The molecule has 2 aromatic carbocycles. The van der Waals surface area contributed by atoms with E-state index in [9.17, 15) is 19.5 Å². The third kappa shape index (κ3) is 7.24. The molecular formula is C34H41N5O6S. The molecule has 1 fully saturated rings. The fraction of sp³-hybridized carbons (Fsp3) is 0.412. The van der Waals surface area contributed by atoms with E-state index in [0.29, 0.717) is 29.9 Å². The van der Waals surface area contributed by atoms with Gasteiger partial charge in [0, 0.05) is 24.9 Å². The number of nitrogens with one attached hydrogen (secondary N) is 2. The lowest BCUT2D eigenvalue weighted by molar-refractivity contribution is -0.142. The van der Waals surface area contributed by atoms with Crippen molar-refractivity contribution in [2.24, 2.45) is 11.1 Å². The van der Waals surface area contributed by atoms with Crippen molar-refractivity contribution in [1.82, 2.24) is 20.5 Å². The van der Waals surface area contributed by atoms with Gasteiger partial charge in [-0.25, -0.2) is 4.98 Å². The molecule has 0 radical (unpaired) electrons. The van der Waals surface area contributed by atoms with Gasteiger partial charge in [0.05, 0.1) is 28.2 Å². The number of β-amino-alcohol motifs (C(OH)–C–C–N with tert-alkyl or cyclic N) is 1. The van der Waals surface area contributed by atoms with E-state index < -0.39 is 35.4 Å². The van der Waals surface area contributed by atoms with E-state index in [4.69, 9.17) is 14.9 Å². The number of benzene rings is 2. The second-order valence-corrected chi connectivity index (χ2v) is 13.6. The number of hydrogen-bond donors (Lipinski definition) is 4. The zero-order valence-corrected chi connectivity index (χ0v) is 27.5. The van der Waals surface area contributed by atoms with Crippen LogP contribution in [0.5, 0.6) is 5.75 Å². The Kier molecular flexibility index (Phi) is 9.80. The molecule has 5 rings (SSSR count). The summed E-state index contributed by atoms with van der Waals surface area (Å²) in [6.45, 7) is 10.0. The molecule has 0 spiro atoms. The molecule has 12 heteroatoms. The van der Waals surface area contributed by atoms with Crippen LogP contribution in [-0.2, 0) is 9.59 Å². The Morgan fingerprint density at radius 3 is 2.54 bits per heavy atom. The Morgan fingerprint density at radius 1 is 1.15 bits per heavy atom. The number of likely N-dealkylation sites (tertiary alicyclic amines) is 1. The molecule has 0 bridgehead atoms. The highest BCUT2D eigenvalue weighted by Crippen LogP contribution is 2.30. The quantitative estimate of drug-likeness (QED) is 0.199. The number of aryl methyl sites for hydroxylation is 1. The van der Waals surface area contributed by atoms with Crippen LogP contribution >= 0.6 is 11.3 Å². The molecule has 1 aliphatic rings. The van der Waals surface area contributed by atoms with Crippen molar-refractivity contribution in [3.8, 4) is 16.2 Å². The minimum atomic E-state index is -1.00. The van der Waals surface area contributed by atoms with Crippen LogP contribution in [0.1, 0.15) is 62.0 Å². The van der Waals surface area contributed by atoms with Crippen LogP contribution in [0, 0.1) is 12.3 Å². The number of thiazole rings is 1. The van der Waals surface area contributed by atoms with E-state index in [-0.39, 0.29) is 30.7 Å². The highest BCUT2D eigenvalue weighted by molar-refractivity contribution is 7.13. The molecule has 0 saturated carbocycles. The number of aliphatic hydroxyl groups excluding tert-OH is 1. The number of carbonyl (C=O) groups is 3. The third-order valence-corrected chi connectivity index (χ3v) is 9.11. The van der Waals surface area contributed by atoms with Crippen LogP contribution < -0.4 is 21.1 Å². The first-order valence-corrected chi connectivity index (χ1v) is 16.2. The fourth-order valence-corrected chi connectivity index (χ4v) is 6.43. The molecule has 2 aromatic heterocycles. The molecule has 46 heavy (non-hydrogen) atoms. The molecule has 4 atom stereocenters. The number of hydrogen-bond acceptors (Lipinski definition) is 9. The fourth-order valence-electron chi connectivity index (χ4n) is 5.62. The van der Waals surface area contributed by atoms with Gasteiger partial charge in [-0.05, 0) is 54.7 Å². The van der Waals surface area contributed by atoms with Crippen LogP contribution in [0.3, 0.4) is 0 Å². The topological polar surface area (TPSA) is 160 Å². The number of amides is 3. The smallest absolute Gasteiger partial charge is 0.287 e. The molecule has 11 nitrogen and oxygen atoms in total. The average molecular weight is 648 g/mol. The highest BCUT2D eigenvalue weighted by Gasteiger charge is 2.45. The summed E-state index contributed by atoms with van der Waals surface area (Å²) >= 11 is 1.58. The van der Waals surface area contributed by atoms with E-state index in [1.165, 1.54) is 4.90 Å². The normalized spacial score (nSPS) is 17.9. The van der Waals surface area contributed by atoms with Crippen LogP contribution in [0.4, 0.5) is 0 Å². The van der Waals surface area contributed by atoms with Gasteiger partial charge in [-0.1, -0.05) is 45.0 Å². The zero-order valence-electron chi connectivity index (χ0n) is 26.7. The molecule has 244 valence electrons. The summed E-state index contributed by atoms with van der Waals surface area (Å²) in [4.78, 5) is 47.8. The molecule has 0 aliphatic carbocycles. The first-order chi connectivity index (χ1) is 21.8. The van der Waals surface area contributed by atoms with Crippen molar-refractivity contribution in [2.75, 3.05) is 19.7 Å². The first kappa shape index (κ1) is 33.1. The van der Waals surface area contributed by atoms with Crippen LogP contribution in [0.15, 0.2) is 58.5 Å². The van der Waals surface area contributed by atoms with Gasteiger partial charge in [0.15, 0.2) is 5.76 Å². The number of aliphatic hydroxyl groups is 1. The second-order valence-electron chi connectivity index (χ2n) is 12.7. The SMILES string of the molecule is Cc1ncsc1-c1ccc(C(C)NC(=O)[C@@H]2C[C@@H](O)CN2C(=O)C(NC(=O)c2cc3cc(OCCN)ccc3o2)C(C)(C)C)cc1. The molecule has 1 aliphatic heterocycles. The summed E-state index contributed by atoms with van der Waals surface area (Å²) in [6, 6.07) is 12.5. The number of fused-ring (bicyclic) bond motifs is 1. The first-order valence-electron chi connectivity index (χ1n) is 15.3. The summed E-state index contributed by atoms with van der Waals surface area (Å²) in [5.74, 6) is -0.760. The minimum absolute atomic E-state index is 0.0210. The Morgan fingerprint density at radius 2 is 1.89 bits per heavy atom. The predicted molar refractivity (Wildman–Crippen MR) is 176 cm³/mol. The zero-order chi connectivity index (χ0) is 33.2. The number of ether oxygens (including phenoxy) is 1. The van der Waals surface area contributed by atoms with Crippen LogP contribution in [-0.4, -0.2) is 70.6 Å². The predicted octanol–water partition coefficient (Wildman–Crippen LogP) is 4.19. The summed E-state index contributed by atoms with van der Waals surface area (Å²) < 4.78 is 11.3. The number of rotatable bonds is 10. The van der Waals surface area contributed by atoms with Gasteiger partial charge in [-0.2, -0.15) is 0 Å². The summed E-state index contributed by atoms with van der Waals surface area (Å²) in [6.07, 6.45) is -0.782. The molecule has 5 N–H and O–H groups in total. The van der Waals surface area contributed by atoms with Gasteiger partial charge >= 0.3 is 0 Å². The van der Waals surface area contributed by atoms with Gasteiger partial charge < -0.3 is 35.5 Å². The third-order valence-electron chi connectivity index (χ3n) is 8.13. The molecule has 2 unspecified atom stereocenters. The van der Waals surface area contributed by atoms with Crippen molar-refractivity contribution in [3.63, 3.8) is 0 Å². The summed E-state index contributed by atoms with van der Waals surface area (Å²) in [5, 5.41) is 17.1. The van der Waals surface area contributed by atoms with Gasteiger partial charge in [0.1, 0.15) is 30.0 Å². The second kappa shape index (κ2) is 13.6. The molecule has 1 saturated heterocycles. The lowest BCUT2D eigenvalue weighted by Gasteiger charge is -2.35. The number of nitrogens with zero attached hydrogens (tertiary/aromatic N) is 2. The number of furan rings is 1. The summed E-state index contributed by atoms with van der Waals surface area (Å²) in [7, 11) is 0. The monoisotopic (exact) mass is 647 g/mol. The maximum atomic E-state index is 14.0. The van der Waals surface area contributed by atoms with E-state index in [1.54, 1.807) is 35.6 Å². The van der Waals surface area contributed by atoms with E-state index in [0.717, 1.165) is 21.7 Å². The van der Waals surface area contributed by atoms with Crippen molar-refractivity contribution in [2.45, 2.75) is 65.3 Å². The molecule has 3 amide bonds. The van der Waals surface area contributed by atoms with Crippen LogP contribution in [0.25, 0.3) is 21.4 Å². The minimum Gasteiger partial charge on any atom is -0.492 e. The molecular weight excluding hydrogens is 606 g/mol. The molecule has 3 heterocycles. The Labute approximate surface area is 272 Å². The van der Waals surface area contributed by atoms with Crippen LogP contribution in [0.2, 0.25) is 0 Å². The van der Waals surface area contributed by atoms with Crippen molar-refractivity contribution in [3.05, 3.63) is 71.1 Å². The van der Waals surface area contributed by atoms with Gasteiger partial charge in [-0.15, -0.1) is 11.3 Å². The number of nitrogens with two attached hydrogens (primary N) is 1. The van der Waals surface area contributed by atoms with Gasteiger partial charge in [-0.3, -0.25) is 14.4 Å². The van der Waals surface area contributed by atoms with Crippen molar-refractivity contribution in [1.29, 1.82) is 0 Å². The van der Waals surface area contributed by atoms with Crippen molar-refractivity contribution < 1.29 is 28.6 Å². The Hall–Kier alpha value is -4.26. The van der Waals surface area contributed by atoms with E-state index in [2.05, 4.69) is 15.6 Å². The standard InChI is InChI=1S/C34H41N5O6S/c1-19(21-6-8-22(9-7-21)29-20(2)36-18-46-29)37-31(41)26-16-24(40)17-39(26)33(43)30(34(3,4)5)38-32(42)28-15-23-14-25(44-13-12-35)10-11-27(23)45-28/h6-11,14-15,18-19,24,26,30,40H,12-13,16-17,35H2,1-5H3,(H,37,41)(H,38,42)/t19?,24-,26+,30?/m1/s1. The number of aromatic nitrogens is 1. The lowest BCUT2D eigenvalue weighted by Crippen LogP contribution is -2.57. The molecule has 4 aromatic rings. The van der Waals surface area contributed by atoms with E-state index >= 15 is 0 Å². The van der Waals surface area contributed by atoms with Gasteiger partial charge in [0.2, 0.25) is 11.8 Å². The van der Waals surface area contributed by atoms with Crippen molar-refractivity contribution >= 4 is 40.0 Å². The van der Waals surface area contributed by atoms with E-state index in [1.807, 2.05) is 64.4 Å². The Balaban J connectivity index is 1.28. The average Bonchev–Trinajstić information content (AvgIpc) is 3.75.